The van der Waals surface area contributed by atoms with E-state index in [1.54, 1.807) is 0 Å². The van der Waals surface area contributed by atoms with Gasteiger partial charge in [0, 0.05) is 29.9 Å². The van der Waals surface area contributed by atoms with E-state index in [2.05, 4.69) is 18.9 Å². The number of aryl methyl sites for hydroxylation is 1. The van der Waals surface area contributed by atoms with Crippen molar-refractivity contribution in [1.29, 1.82) is 0 Å². The Hall–Kier alpha value is -1.81. The number of nitrogens with two attached hydrogens (primary N) is 1. The second kappa shape index (κ2) is 5.69. The molecule has 0 saturated carbocycles. The van der Waals surface area contributed by atoms with Crippen LogP contribution >= 0.6 is 0 Å². The second-order valence-electron chi connectivity index (χ2n) is 4.17. The lowest BCUT2D eigenvalue weighted by Gasteiger charge is -2.10. The normalized spacial score (nSPS) is 10.6. The first-order valence-electron chi connectivity index (χ1n) is 6.18. The van der Waals surface area contributed by atoms with E-state index in [9.17, 15) is 0 Å². The van der Waals surface area contributed by atoms with Crippen molar-refractivity contribution in [1.82, 2.24) is 9.78 Å². The summed E-state index contributed by atoms with van der Waals surface area (Å²) < 4.78 is 7.79. The number of aromatic nitrogens is 2. The predicted molar refractivity (Wildman–Crippen MR) is 71.3 cm³/mol. The highest BCUT2D eigenvalue weighted by atomic mass is 16.5. The lowest BCUT2D eigenvalue weighted by atomic mass is 10.2. The number of rotatable bonds is 5. The van der Waals surface area contributed by atoms with Crippen LogP contribution in [0.25, 0.3) is 0 Å². The third-order valence-corrected chi connectivity index (χ3v) is 3.08. The molecule has 0 fully saturated rings. The molecule has 0 aliphatic heterocycles. The number of hydrogen-bond donors (Lipinski definition) is 1. The zero-order valence-corrected chi connectivity index (χ0v) is 10.9. The average Bonchev–Trinajstić information content (AvgIpc) is 2.77. The van der Waals surface area contributed by atoms with Gasteiger partial charge in [0.15, 0.2) is 0 Å². The Morgan fingerprint density at radius 3 is 2.72 bits per heavy atom. The third-order valence-electron chi connectivity index (χ3n) is 3.08. The number of ether oxygens (including phenoxy) is 1. The van der Waals surface area contributed by atoms with Crippen LogP contribution in [0.1, 0.15) is 23.7 Å². The molecular weight excluding hydrogens is 226 g/mol. The Morgan fingerprint density at radius 1 is 1.28 bits per heavy atom. The molecule has 0 spiro atoms. The van der Waals surface area contributed by atoms with Gasteiger partial charge in [0.05, 0.1) is 6.20 Å². The molecule has 0 bridgehead atoms. The Morgan fingerprint density at radius 2 is 2.06 bits per heavy atom. The molecule has 0 aliphatic carbocycles. The summed E-state index contributed by atoms with van der Waals surface area (Å²) in [6.45, 7) is 6.04. The highest BCUT2D eigenvalue weighted by Gasteiger charge is 2.07. The van der Waals surface area contributed by atoms with Crippen molar-refractivity contribution in [3.63, 3.8) is 0 Å². The summed E-state index contributed by atoms with van der Waals surface area (Å²) in [5.74, 6) is 0.851. The summed E-state index contributed by atoms with van der Waals surface area (Å²) in [4.78, 5) is 0. The fourth-order valence-electron chi connectivity index (χ4n) is 1.91. The lowest BCUT2D eigenvalue weighted by Crippen LogP contribution is -2.04. The molecule has 0 radical (unpaired) electrons. The maximum absolute atomic E-state index is 5.82. The van der Waals surface area contributed by atoms with E-state index in [1.807, 2.05) is 35.1 Å². The first-order chi connectivity index (χ1) is 8.76. The smallest absolute Gasteiger partial charge is 0.124 e. The van der Waals surface area contributed by atoms with Crippen LogP contribution in [0, 0.1) is 6.92 Å². The second-order valence-corrected chi connectivity index (χ2v) is 4.17. The largest absolute Gasteiger partial charge is 0.488 e. The van der Waals surface area contributed by atoms with E-state index in [4.69, 9.17) is 10.5 Å². The van der Waals surface area contributed by atoms with Crippen molar-refractivity contribution in [3.8, 4) is 5.75 Å². The minimum atomic E-state index is 0.489. The summed E-state index contributed by atoms with van der Waals surface area (Å²) in [6, 6.07) is 7.85. The minimum Gasteiger partial charge on any atom is -0.488 e. The number of para-hydroxylation sites is 1. The van der Waals surface area contributed by atoms with Crippen molar-refractivity contribution in [2.75, 3.05) is 0 Å². The van der Waals surface area contributed by atoms with Crippen molar-refractivity contribution in [3.05, 3.63) is 47.3 Å². The van der Waals surface area contributed by atoms with Crippen LogP contribution in [0.4, 0.5) is 0 Å². The maximum Gasteiger partial charge on any atom is 0.124 e. The van der Waals surface area contributed by atoms with Gasteiger partial charge in [-0.3, -0.25) is 4.68 Å². The molecule has 96 valence electrons. The molecule has 1 aromatic carbocycles. The van der Waals surface area contributed by atoms with Crippen LogP contribution in [-0.2, 0) is 19.7 Å². The Labute approximate surface area is 107 Å². The molecule has 0 unspecified atom stereocenters. The van der Waals surface area contributed by atoms with Gasteiger partial charge in [-0.25, -0.2) is 0 Å². The van der Waals surface area contributed by atoms with Gasteiger partial charge in [-0.05, 0) is 19.9 Å². The summed E-state index contributed by atoms with van der Waals surface area (Å²) in [5, 5.41) is 4.30. The van der Waals surface area contributed by atoms with E-state index >= 15 is 0 Å². The monoisotopic (exact) mass is 245 g/mol. The fraction of sp³-hybridized carbons (Fsp3) is 0.357. The van der Waals surface area contributed by atoms with Crippen molar-refractivity contribution in [2.45, 2.75) is 33.5 Å². The summed E-state index contributed by atoms with van der Waals surface area (Å²) in [5.41, 5.74) is 8.97. The summed E-state index contributed by atoms with van der Waals surface area (Å²) >= 11 is 0. The van der Waals surface area contributed by atoms with Crippen LogP contribution in [0.15, 0.2) is 30.5 Å². The van der Waals surface area contributed by atoms with E-state index in [-0.39, 0.29) is 0 Å². The highest BCUT2D eigenvalue weighted by molar-refractivity contribution is 5.33. The van der Waals surface area contributed by atoms with Crippen LogP contribution in [0.3, 0.4) is 0 Å². The fourth-order valence-corrected chi connectivity index (χ4v) is 1.91. The lowest BCUT2D eigenvalue weighted by molar-refractivity contribution is 0.302. The average molecular weight is 245 g/mol. The predicted octanol–water partition coefficient (Wildman–Crippen LogP) is 2.25. The molecule has 4 nitrogen and oxygen atoms in total. The van der Waals surface area contributed by atoms with Gasteiger partial charge in [0.1, 0.15) is 12.4 Å². The minimum absolute atomic E-state index is 0.489. The van der Waals surface area contributed by atoms with Crippen LogP contribution < -0.4 is 10.5 Å². The van der Waals surface area contributed by atoms with E-state index in [1.165, 1.54) is 0 Å². The molecule has 2 N–H and O–H groups in total. The van der Waals surface area contributed by atoms with Gasteiger partial charge in [-0.2, -0.15) is 5.10 Å². The Balaban J connectivity index is 2.09. The van der Waals surface area contributed by atoms with Crippen molar-refractivity contribution < 1.29 is 4.74 Å². The first-order valence-corrected chi connectivity index (χ1v) is 6.18. The zero-order valence-electron chi connectivity index (χ0n) is 10.9. The first kappa shape index (κ1) is 12.6. The standard InChI is InChI=1S/C14H19N3O/c1-3-17-11(2)13(9-16-17)10-18-14-7-5-4-6-12(14)8-15/h4-7,9H,3,8,10,15H2,1-2H3. The molecule has 4 heteroatoms. The molecule has 2 rings (SSSR count). The van der Waals surface area contributed by atoms with Crippen molar-refractivity contribution in [2.24, 2.45) is 5.73 Å². The van der Waals surface area contributed by atoms with Crippen LogP contribution in [0.2, 0.25) is 0 Å². The van der Waals surface area contributed by atoms with E-state index in [0.29, 0.717) is 13.2 Å². The Bertz CT molecular complexity index is 520. The van der Waals surface area contributed by atoms with Crippen LogP contribution in [0.5, 0.6) is 5.75 Å². The van der Waals surface area contributed by atoms with Gasteiger partial charge in [0.25, 0.3) is 0 Å². The molecule has 0 atom stereocenters. The van der Waals surface area contributed by atoms with Gasteiger partial charge in [0.2, 0.25) is 0 Å². The molecule has 1 heterocycles. The van der Waals surface area contributed by atoms with Gasteiger partial charge in [-0.1, -0.05) is 18.2 Å². The maximum atomic E-state index is 5.82. The topological polar surface area (TPSA) is 53.1 Å². The molecule has 18 heavy (non-hydrogen) atoms. The molecule has 2 aromatic rings. The third kappa shape index (κ3) is 2.54. The molecular formula is C14H19N3O. The van der Waals surface area contributed by atoms with E-state index in [0.717, 1.165) is 29.1 Å². The Kier molecular flexibility index (Phi) is 3.99. The SMILES string of the molecule is CCn1ncc(COc2ccccc2CN)c1C. The molecule has 0 saturated heterocycles. The van der Waals surface area contributed by atoms with Gasteiger partial charge < -0.3 is 10.5 Å². The zero-order chi connectivity index (χ0) is 13.0. The summed E-state index contributed by atoms with van der Waals surface area (Å²) in [7, 11) is 0. The van der Waals surface area contributed by atoms with Gasteiger partial charge in [-0.15, -0.1) is 0 Å². The number of nitrogens with zero attached hydrogens (tertiary/aromatic N) is 2. The molecule has 1 aromatic heterocycles. The number of benzene rings is 1. The molecule has 0 aliphatic rings. The van der Waals surface area contributed by atoms with Crippen molar-refractivity contribution >= 4 is 0 Å². The van der Waals surface area contributed by atoms with E-state index < -0.39 is 0 Å². The quantitative estimate of drug-likeness (QED) is 0.879. The molecule has 0 amide bonds. The van der Waals surface area contributed by atoms with Crippen LogP contribution in [-0.4, -0.2) is 9.78 Å². The highest BCUT2D eigenvalue weighted by Crippen LogP contribution is 2.19. The van der Waals surface area contributed by atoms with Gasteiger partial charge >= 0.3 is 0 Å². The summed E-state index contributed by atoms with van der Waals surface area (Å²) in [6.07, 6.45) is 1.86. The number of hydrogen-bond acceptors (Lipinski definition) is 3.